The van der Waals surface area contributed by atoms with Gasteiger partial charge in [0.2, 0.25) is 5.91 Å². The second-order valence-electron chi connectivity index (χ2n) is 26.4. The van der Waals surface area contributed by atoms with Crippen molar-refractivity contribution in [2.75, 3.05) is 6.61 Å². The predicted molar refractivity (Wildman–Crippen MR) is 364 cm³/mol. The van der Waals surface area contributed by atoms with Crippen molar-refractivity contribution < 1.29 is 15.0 Å². The molecule has 81 heavy (non-hydrogen) atoms. The summed E-state index contributed by atoms with van der Waals surface area (Å²) in [6.45, 7) is 4.40. The first-order valence-corrected chi connectivity index (χ1v) is 38.0. The molecule has 0 heterocycles. The van der Waals surface area contributed by atoms with E-state index in [-0.39, 0.29) is 12.5 Å². The number of amides is 1. The fourth-order valence-electron chi connectivity index (χ4n) is 12.5. The van der Waals surface area contributed by atoms with Crippen LogP contribution >= 0.6 is 0 Å². The third-order valence-electron chi connectivity index (χ3n) is 18.2. The fraction of sp³-hybridized carbons (Fsp3) is 0.935. The molecule has 0 aliphatic heterocycles. The van der Waals surface area contributed by atoms with Gasteiger partial charge in [0, 0.05) is 6.42 Å². The summed E-state index contributed by atoms with van der Waals surface area (Å²) >= 11 is 0. The summed E-state index contributed by atoms with van der Waals surface area (Å²) in [6, 6.07) is -0.535. The Morgan fingerprint density at radius 1 is 0.296 bits per heavy atom. The molecule has 0 bridgehead atoms. The molecule has 2 atom stereocenters. The van der Waals surface area contributed by atoms with E-state index >= 15 is 0 Å². The van der Waals surface area contributed by atoms with Crippen molar-refractivity contribution >= 4 is 5.91 Å². The highest BCUT2D eigenvalue weighted by Gasteiger charge is 2.20. The van der Waals surface area contributed by atoms with Gasteiger partial charge in [0.05, 0.1) is 18.8 Å². The van der Waals surface area contributed by atoms with E-state index in [2.05, 4.69) is 43.5 Å². The predicted octanol–water partition coefficient (Wildman–Crippen LogP) is 26.1. The number of nitrogens with one attached hydrogen (secondary N) is 1. The van der Waals surface area contributed by atoms with Gasteiger partial charge in [-0.25, -0.2) is 0 Å². The zero-order valence-corrected chi connectivity index (χ0v) is 55.9. The summed E-state index contributed by atoms with van der Waals surface area (Å²) in [4.78, 5) is 12.6. The molecule has 0 saturated carbocycles. The number of aliphatic hydroxyl groups is 2. The van der Waals surface area contributed by atoms with Crippen LogP contribution in [0.25, 0.3) is 0 Å². The molecule has 0 aliphatic carbocycles. The Kier molecular flexibility index (Phi) is 72.1. The monoisotopic (exact) mass is 1140 g/mol. The summed E-state index contributed by atoms with van der Waals surface area (Å²) in [5.74, 6) is -0.0202. The third kappa shape index (κ3) is 69.5. The second kappa shape index (κ2) is 73.1. The van der Waals surface area contributed by atoms with E-state index < -0.39 is 12.1 Å². The zero-order valence-electron chi connectivity index (χ0n) is 55.9. The molecule has 4 nitrogen and oxygen atoms in total. The van der Waals surface area contributed by atoms with E-state index in [4.69, 9.17) is 0 Å². The van der Waals surface area contributed by atoms with Crippen molar-refractivity contribution in [2.24, 2.45) is 0 Å². The number of allylic oxidation sites excluding steroid dienone is 4. The fourth-order valence-corrected chi connectivity index (χ4v) is 12.5. The maximum Gasteiger partial charge on any atom is 0.220 e. The van der Waals surface area contributed by atoms with Crippen LogP contribution in [0.4, 0.5) is 0 Å². The SMILES string of the molecule is CCCCCCC/C=C\C/C=C\CCCCCCCCCCCCCCCCCCCCCCCCCCCC(=O)NC(CO)C(O)CCCCCCCCCCCCCCCCCCCCCCCCCCCCCCCCCC. The lowest BCUT2D eigenvalue weighted by atomic mass is 10.0. The normalized spacial score (nSPS) is 12.7. The summed E-state index contributed by atoms with van der Waals surface area (Å²) in [6.07, 6.45) is 99.9. The third-order valence-corrected chi connectivity index (χ3v) is 18.2. The first-order valence-electron chi connectivity index (χ1n) is 38.0. The van der Waals surface area contributed by atoms with Crippen LogP contribution in [0.1, 0.15) is 444 Å². The number of hydrogen-bond acceptors (Lipinski definition) is 3. The van der Waals surface area contributed by atoms with Crippen molar-refractivity contribution in [2.45, 2.75) is 456 Å². The quantitative estimate of drug-likeness (QED) is 0.0420. The average molecular weight is 1140 g/mol. The van der Waals surface area contributed by atoms with E-state index in [0.717, 1.165) is 32.1 Å². The maximum atomic E-state index is 12.6. The first kappa shape index (κ1) is 79.9. The Balaban J connectivity index is 3.36. The van der Waals surface area contributed by atoms with E-state index in [0.29, 0.717) is 12.8 Å². The standard InChI is InChI=1S/C77H151NO3/c1-3-5-7-9-11-13-15-17-19-21-23-25-27-29-31-33-35-37-38-39-40-41-43-45-47-49-51-53-55-57-59-61-63-65-67-69-71-73-77(81)78-75(74-79)76(80)72-70-68-66-64-62-60-58-56-54-52-50-48-46-44-42-36-34-32-30-28-26-24-22-20-18-16-14-12-10-8-6-4-2/h15,17,21,23,75-76,79-80H,3-14,16,18-20,22,24-74H2,1-2H3,(H,78,81)/b17-15-,23-21-. The van der Waals surface area contributed by atoms with Crippen LogP contribution in [-0.2, 0) is 4.79 Å². The molecule has 4 heteroatoms. The Bertz CT molecular complexity index is 1200. The largest absolute Gasteiger partial charge is 0.394 e. The minimum absolute atomic E-state index is 0.0202. The van der Waals surface area contributed by atoms with Crippen molar-refractivity contribution in [1.82, 2.24) is 5.32 Å². The van der Waals surface area contributed by atoms with Crippen molar-refractivity contribution in [3.8, 4) is 0 Å². The van der Waals surface area contributed by atoms with Gasteiger partial charge in [0.25, 0.3) is 0 Å². The maximum absolute atomic E-state index is 12.6. The summed E-state index contributed by atoms with van der Waals surface area (Å²) in [5.41, 5.74) is 0. The van der Waals surface area contributed by atoms with Gasteiger partial charge in [-0.2, -0.15) is 0 Å². The average Bonchev–Trinajstić information content (AvgIpc) is 3.47. The second-order valence-corrected chi connectivity index (χ2v) is 26.4. The molecule has 0 spiro atoms. The van der Waals surface area contributed by atoms with Crippen molar-refractivity contribution in [1.29, 1.82) is 0 Å². The van der Waals surface area contributed by atoms with Crippen molar-refractivity contribution in [3.63, 3.8) is 0 Å². The zero-order chi connectivity index (χ0) is 58.4. The van der Waals surface area contributed by atoms with Gasteiger partial charge in [-0.05, 0) is 44.9 Å². The molecule has 0 aromatic rings. The molecule has 0 aromatic heterocycles. The van der Waals surface area contributed by atoms with E-state index in [1.165, 1.54) is 385 Å². The molecule has 0 aromatic carbocycles. The minimum atomic E-state index is -0.659. The van der Waals surface area contributed by atoms with Gasteiger partial charge in [-0.1, -0.05) is 417 Å². The van der Waals surface area contributed by atoms with Crippen LogP contribution in [0.3, 0.4) is 0 Å². The minimum Gasteiger partial charge on any atom is -0.394 e. The number of carbonyl (C=O) groups excluding carboxylic acids is 1. The smallest absolute Gasteiger partial charge is 0.220 e. The highest BCUT2D eigenvalue weighted by atomic mass is 16.3. The molecule has 0 aliphatic rings. The van der Waals surface area contributed by atoms with Gasteiger partial charge in [0.1, 0.15) is 0 Å². The van der Waals surface area contributed by atoms with Crippen LogP contribution in [0.15, 0.2) is 24.3 Å². The lowest BCUT2D eigenvalue weighted by Gasteiger charge is -2.22. The highest BCUT2D eigenvalue weighted by Crippen LogP contribution is 2.20. The van der Waals surface area contributed by atoms with E-state index in [1.807, 2.05) is 0 Å². The molecule has 0 fully saturated rings. The summed E-state index contributed by atoms with van der Waals surface area (Å²) in [5, 5.41) is 23.5. The van der Waals surface area contributed by atoms with Gasteiger partial charge in [-0.15, -0.1) is 0 Å². The number of carbonyl (C=O) groups is 1. The molecule has 0 rings (SSSR count). The molecule has 0 saturated heterocycles. The molecular weight excluding hydrogens is 987 g/mol. The summed E-state index contributed by atoms with van der Waals surface area (Å²) < 4.78 is 0. The Hall–Kier alpha value is -1.13. The molecule has 3 N–H and O–H groups in total. The van der Waals surface area contributed by atoms with Crippen LogP contribution < -0.4 is 5.32 Å². The van der Waals surface area contributed by atoms with Crippen LogP contribution in [-0.4, -0.2) is 34.9 Å². The molecule has 2 unspecified atom stereocenters. The Labute approximate surface area is 510 Å². The van der Waals surface area contributed by atoms with Gasteiger partial charge in [0.15, 0.2) is 0 Å². The van der Waals surface area contributed by atoms with Gasteiger partial charge in [-0.3, -0.25) is 4.79 Å². The Morgan fingerprint density at radius 3 is 0.741 bits per heavy atom. The van der Waals surface area contributed by atoms with E-state index in [1.54, 1.807) is 0 Å². The number of rotatable bonds is 72. The Morgan fingerprint density at radius 2 is 0.506 bits per heavy atom. The molecule has 0 radical (unpaired) electrons. The molecular formula is C77H151NO3. The highest BCUT2D eigenvalue weighted by molar-refractivity contribution is 5.76. The van der Waals surface area contributed by atoms with Gasteiger partial charge >= 0.3 is 0 Å². The van der Waals surface area contributed by atoms with Crippen LogP contribution in [0, 0.1) is 0 Å². The number of aliphatic hydroxyl groups excluding tert-OH is 2. The number of unbranched alkanes of at least 4 members (excludes halogenated alkanes) is 61. The molecule has 482 valence electrons. The summed E-state index contributed by atoms with van der Waals surface area (Å²) in [7, 11) is 0. The first-order chi connectivity index (χ1) is 40.2. The van der Waals surface area contributed by atoms with Crippen molar-refractivity contribution in [3.05, 3.63) is 24.3 Å². The van der Waals surface area contributed by atoms with Crippen LogP contribution in [0.2, 0.25) is 0 Å². The van der Waals surface area contributed by atoms with E-state index in [9.17, 15) is 15.0 Å². The van der Waals surface area contributed by atoms with Gasteiger partial charge < -0.3 is 15.5 Å². The molecule has 1 amide bonds. The lowest BCUT2D eigenvalue weighted by Crippen LogP contribution is -2.45. The lowest BCUT2D eigenvalue weighted by molar-refractivity contribution is -0.123. The number of hydrogen-bond donors (Lipinski definition) is 3. The topological polar surface area (TPSA) is 69.6 Å². The van der Waals surface area contributed by atoms with Crippen LogP contribution in [0.5, 0.6) is 0 Å².